The Bertz CT molecular complexity index is 723. The van der Waals surface area contributed by atoms with Crippen LogP contribution in [0, 0.1) is 0 Å². The second kappa shape index (κ2) is 10.5. The molecule has 7 nitrogen and oxygen atoms in total. The number of morpholine rings is 1. The van der Waals surface area contributed by atoms with Crippen LogP contribution in [0.2, 0.25) is 5.15 Å². The molecule has 0 aromatic carbocycles. The summed E-state index contributed by atoms with van der Waals surface area (Å²) in [5, 5.41) is 0.294. The fourth-order valence-electron chi connectivity index (χ4n) is 2.44. The van der Waals surface area contributed by atoms with Crippen LogP contribution in [0.1, 0.15) is 26.2 Å². The van der Waals surface area contributed by atoms with Crippen molar-refractivity contribution in [3.63, 3.8) is 0 Å². The van der Waals surface area contributed by atoms with Crippen LogP contribution in [-0.2, 0) is 4.74 Å². The van der Waals surface area contributed by atoms with Crippen LogP contribution in [0.25, 0.3) is 11.4 Å². The van der Waals surface area contributed by atoms with Crippen molar-refractivity contribution in [3.8, 4) is 11.4 Å². The Hall–Kier alpha value is -1.77. The van der Waals surface area contributed by atoms with E-state index < -0.39 is 0 Å². The van der Waals surface area contributed by atoms with E-state index >= 15 is 0 Å². The van der Waals surface area contributed by atoms with E-state index in [9.17, 15) is 0 Å². The minimum atomic E-state index is 0.224. The molecule has 4 rings (SSSR count). The van der Waals surface area contributed by atoms with Gasteiger partial charge in [-0.05, 0) is 25.3 Å². The molecule has 1 atom stereocenters. The lowest BCUT2D eigenvalue weighted by Gasteiger charge is -2.34. The van der Waals surface area contributed by atoms with Gasteiger partial charge in [0, 0.05) is 18.2 Å². The predicted octanol–water partition coefficient (Wildman–Crippen LogP) is 3.30. The molecule has 3 heterocycles. The fourth-order valence-corrected chi connectivity index (χ4v) is 2.66. The van der Waals surface area contributed by atoms with Gasteiger partial charge in [0.1, 0.15) is 22.6 Å². The number of nitrogen functional groups attached to an aromatic ring is 2. The lowest BCUT2D eigenvalue weighted by Crippen LogP contribution is -2.44. The Labute approximate surface area is 170 Å². The Balaban J connectivity index is 0.000000463. The highest BCUT2D eigenvalue weighted by Crippen LogP contribution is 2.26. The van der Waals surface area contributed by atoms with Crippen LogP contribution in [0.5, 0.6) is 0 Å². The van der Waals surface area contributed by atoms with Crippen molar-refractivity contribution in [2.75, 3.05) is 42.4 Å². The van der Waals surface area contributed by atoms with Crippen LogP contribution in [0.4, 0.5) is 17.5 Å². The largest absolute Gasteiger partial charge is 0.384 e. The van der Waals surface area contributed by atoms with Crippen LogP contribution in [-0.4, -0.2) is 47.0 Å². The van der Waals surface area contributed by atoms with E-state index in [1.807, 2.05) is 0 Å². The summed E-state index contributed by atoms with van der Waals surface area (Å²) in [6.07, 6.45) is 6.19. The van der Waals surface area contributed by atoms with Crippen LogP contribution >= 0.6 is 24.2 Å². The minimum absolute atomic E-state index is 0.224. The molecule has 1 aliphatic heterocycles. The maximum Gasteiger partial charge on any atom is 0.164 e. The zero-order chi connectivity index (χ0) is 19.8. The molecule has 1 saturated heterocycles. The third kappa shape index (κ3) is 6.71. The molecule has 148 valence electrons. The van der Waals surface area contributed by atoms with Gasteiger partial charge in [-0.3, -0.25) is 0 Å². The first-order chi connectivity index (χ1) is 13.0. The normalized spacial score (nSPS) is 17.9. The molecule has 2 aromatic heterocycles. The lowest BCUT2D eigenvalue weighted by atomic mass is 10.2. The van der Waals surface area contributed by atoms with Gasteiger partial charge in [0.2, 0.25) is 0 Å². The number of hydrogen-bond acceptors (Lipinski definition) is 8. The maximum absolute atomic E-state index is 5.95. The highest BCUT2D eigenvalue weighted by Gasteiger charge is 2.21. The van der Waals surface area contributed by atoms with Crippen molar-refractivity contribution in [2.45, 2.75) is 32.2 Å². The summed E-state index contributed by atoms with van der Waals surface area (Å²) in [5.74, 6) is 1.95. The summed E-state index contributed by atoms with van der Waals surface area (Å²) in [6, 6.07) is 5.33. The molecule has 2 aliphatic rings. The van der Waals surface area contributed by atoms with Gasteiger partial charge in [-0.25, -0.2) is 15.0 Å². The van der Waals surface area contributed by atoms with Crippen LogP contribution in [0.3, 0.4) is 0 Å². The van der Waals surface area contributed by atoms with Crippen LogP contribution < -0.4 is 16.4 Å². The average molecular weight is 411 g/mol. The van der Waals surface area contributed by atoms with E-state index in [1.54, 1.807) is 24.5 Å². The van der Waals surface area contributed by atoms with Gasteiger partial charge >= 0.3 is 0 Å². The summed E-state index contributed by atoms with van der Waals surface area (Å²) in [5.41, 5.74) is 12.4. The van der Waals surface area contributed by atoms with Gasteiger partial charge in [0.25, 0.3) is 0 Å². The number of halogens is 1. The molecule has 1 saturated carbocycles. The fraction of sp³-hybridized carbons (Fsp3) is 0.500. The zero-order valence-electron chi connectivity index (χ0n) is 15.7. The van der Waals surface area contributed by atoms with E-state index in [4.69, 9.17) is 27.8 Å². The monoisotopic (exact) mass is 410 g/mol. The van der Waals surface area contributed by atoms with Gasteiger partial charge in [0.05, 0.1) is 19.3 Å². The van der Waals surface area contributed by atoms with Crippen molar-refractivity contribution in [2.24, 2.45) is 0 Å². The van der Waals surface area contributed by atoms with Gasteiger partial charge in [-0.1, -0.05) is 30.9 Å². The van der Waals surface area contributed by atoms with Crippen molar-refractivity contribution < 1.29 is 4.74 Å². The first-order valence-electron chi connectivity index (χ1n) is 8.90. The maximum atomic E-state index is 5.95. The Kier molecular flexibility index (Phi) is 8.40. The van der Waals surface area contributed by atoms with Crippen molar-refractivity contribution >= 4 is 41.7 Å². The van der Waals surface area contributed by atoms with E-state index in [0.717, 1.165) is 12.4 Å². The predicted molar refractivity (Wildman–Crippen MR) is 115 cm³/mol. The Morgan fingerprint density at radius 2 is 1.74 bits per heavy atom. The first-order valence-corrected chi connectivity index (χ1v) is 10.2. The molecule has 0 amide bonds. The average Bonchev–Trinajstić information content (AvgIpc) is 3.52. The van der Waals surface area contributed by atoms with Crippen molar-refractivity contribution in [1.29, 1.82) is 0 Å². The summed E-state index contributed by atoms with van der Waals surface area (Å²) in [4.78, 5) is 15.0. The topological polar surface area (TPSA) is 103 Å². The van der Waals surface area contributed by atoms with Crippen molar-refractivity contribution in [1.82, 2.24) is 15.0 Å². The number of pyridine rings is 1. The molecule has 2 aromatic rings. The van der Waals surface area contributed by atoms with E-state index in [2.05, 4.69) is 39.4 Å². The SMILES string of the molecule is C1CC1.CC1COCCN1c1cc(N)nc(-c2cc(N)nc(Cl)c2)n1.CS. The summed E-state index contributed by atoms with van der Waals surface area (Å²) in [7, 11) is 0. The molecule has 9 heteroatoms. The molecule has 4 N–H and O–H groups in total. The third-order valence-corrected chi connectivity index (χ3v) is 4.01. The van der Waals surface area contributed by atoms with Gasteiger partial charge in [-0.2, -0.15) is 12.6 Å². The van der Waals surface area contributed by atoms with Crippen molar-refractivity contribution in [3.05, 3.63) is 23.4 Å². The molecular formula is C18H27ClN6OS. The molecule has 27 heavy (non-hydrogen) atoms. The van der Waals surface area contributed by atoms with Gasteiger partial charge in [0.15, 0.2) is 5.82 Å². The quantitative estimate of drug-likeness (QED) is 0.515. The molecule has 1 unspecified atom stereocenters. The number of hydrogen-bond donors (Lipinski definition) is 3. The molecule has 0 bridgehead atoms. The Morgan fingerprint density at radius 1 is 1.07 bits per heavy atom. The minimum Gasteiger partial charge on any atom is -0.384 e. The third-order valence-electron chi connectivity index (χ3n) is 3.82. The van der Waals surface area contributed by atoms with E-state index in [0.29, 0.717) is 41.4 Å². The molecular weight excluding hydrogens is 384 g/mol. The molecule has 0 radical (unpaired) electrons. The highest BCUT2D eigenvalue weighted by molar-refractivity contribution is 7.79. The number of nitrogens with zero attached hydrogens (tertiary/aromatic N) is 4. The van der Waals surface area contributed by atoms with Crippen LogP contribution in [0.15, 0.2) is 18.2 Å². The second-order valence-corrected chi connectivity index (χ2v) is 6.64. The zero-order valence-corrected chi connectivity index (χ0v) is 17.4. The number of aromatic nitrogens is 3. The number of ether oxygens (including phenoxy) is 1. The van der Waals surface area contributed by atoms with Gasteiger partial charge in [-0.15, -0.1) is 0 Å². The summed E-state index contributed by atoms with van der Waals surface area (Å²) < 4.78 is 5.45. The summed E-state index contributed by atoms with van der Waals surface area (Å²) >= 11 is 9.47. The van der Waals surface area contributed by atoms with Gasteiger partial charge < -0.3 is 21.1 Å². The number of anilines is 3. The van der Waals surface area contributed by atoms with E-state index in [-0.39, 0.29) is 6.04 Å². The first kappa shape index (κ1) is 21.5. The smallest absolute Gasteiger partial charge is 0.164 e. The number of nitrogens with two attached hydrogens (primary N) is 2. The summed E-state index contributed by atoms with van der Waals surface area (Å²) in [6.45, 7) is 4.17. The molecule has 1 aliphatic carbocycles. The standard InChI is InChI=1S/C14H17ClN6O.C3H6.CH4S/c1-8-7-22-3-2-21(8)13-6-12(17)19-14(20-13)9-4-10(15)18-11(16)5-9;1-2-3-1;1-2/h4-6,8H,2-3,7H2,1H3,(H2,16,18)(H2,17,19,20);1-3H2;2H,1H3. The number of rotatable bonds is 2. The second-order valence-electron chi connectivity index (χ2n) is 6.26. The Morgan fingerprint density at radius 3 is 2.33 bits per heavy atom. The lowest BCUT2D eigenvalue weighted by molar-refractivity contribution is 0.0985. The highest BCUT2D eigenvalue weighted by atomic mass is 35.5. The molecule has 2 fully saturated rings. The molecule has 0 spiro atoms. The van der Waals surface area contributed by atoms with E-state index in [1.165, 1.54) is 19.3 Å². The number of thiol groups is 1.